The molecule has 0 radical (unpaired) electrons. The summed E-state index contributed by atoms with van der Waals surface area (Å²) in [4.78, 5) is 14.4. The van der Waals surface area contributed by atoms with Gasteiger partial charge in [-0.25, -0.2) is 0 Å². The molecule has 1 amide bonds. The molecule has 5 nitrogen and oxygen atoms in total. The Bertz CT molecular complexity index is 642. The van der Waals surface area contributed by atoms with E-state index in [9.17, 15) is 4.79 Å². The Labute approximate surface area is 130 Å². The molecule has 0 saturated carbocycles. The van der Waals surface area contributed by atoms with E-state index >= 15 is 0 Å². The Morgan fingerprint density at radius 2 is 2.00 bits per heavy atom. The molecule has 1 aliphatic heterocycles. The van der Waals surface area contributed by atoms with E-state index < -0.39 is 0 Å². The van der Waals surface area contributed by atoms with Gasteiger partial charge in [0.05, 0.1) is 25.4 Å². The van der Waals surface area contributed by atoms with E-state index in [2.05, 4.69) is 5.10 Å². The monoisotopic (exact) mass is 301 g/mol. The molecule has 1 aliphatic rings. The van der Waals surface area contributed by atoms with Crippen LogP contribution in [0.25, 0.3) is 10.9 Å². The molecule has 5 heteroatoms. The second-order valence-corrected chi connectivity index (χ2v) is 5.84. The highest BCUT2D eigenvalue weighted by molar-refractivity contribution is 5.80. The second kappa shape index (κ2) is 6.81. The maximum atomic E-state index is 12.3. The van der Waals surface area contributed by atoms with Gasteiger partial charge in [0.25, 0.3) is 0 Å². The van der Waals surface area contributed by atoms with Crippen molar-refractivity contribution in [1.82, 2.24) is 14.7 Å². The quantitative estimate of drug-likeness (QED) is 0.872. The number of rotatable bonds is 4. The van der Waals surface area contributed by atoms with Crippen molar-refractivity contribution >= 4 is 16.8 Å². The average Bonchev–Trinajstić information content (AvgIpc) is 2.76. The van der Waals surface area contributed by atoms with Crippen molar-refractivity contribution in [2.75, 3.05) is 20.2 Å². The summed E-state index contributed by atoms with van der Waals surface area (Å²) in [6, 6.07) is 5.89. The van der Waals surface area contributed by atoms with E-state index in [4.69, 9.17) is 4.74 Å². The molecule has 1 aromatic heterocycles. The van der Waals surface area contributed by atoms with Crippen LogP contribution in [0.3, 0.4) is 0 Å². The van der Waals surface area contributed by atoms with Crippen molar-refractivity contribution < 1.29 is 9.53 Å². The van der Waals surface area contributed by atoms with Crippen molar-refractivity contribution in [1.29, 1.82) is 0 Å². The fourth-order valence-electron chi connectivity index (χ4n) is 3.05. The third-order valence-electron chi connectivity index (χ3n) is 4.35. The lowest BCUT2D eigenvalue weighted by Crippen LogP contribution is -2.32. The van der Waals surface area contributed by atoms with E-state index in [-0.39, 0.29) is 5.91 Å². The maximum Gasteiger partial charge on any atom is 0.224 e. The lowest BCUT2D eigenvalue weighted by atomic mass is 10.2. The minimum absolute atomic E-state index is 0.249. The molecule has 1 saturated heterocycles. The summed E-state index contributed by atoms with van der Waals surface area (Å²) < 4.78 is 7.13. The summed E-state index contributed by atoms with van der Waals surface area (Å²) in [5.74, 6) is 1.08. The fraction of sp³-hybridized carbons (Fsp3) is 0.529. The van der Waals surface area contributed by atoms with Crippen LogP contribution in [-0.2, 0) is 11.3 Å². The summed E-state index contributed by atoms with van der Waals surface area (Å²) in [5.41, 5.74) is 1.05. The van der Waals surface area contributed by atoms with E-state index in [1.807, 2.05) is 34.0 Å². The zero-order chi connectivity index (χ0) is 15.4. The Balaban J connectivity index is 1.64. The van der Waals surface area contributed by atoms with Gasteiger partial charge in [0, 0.05) is 24.9 Å². The number of ether oxygens (including phenoxy) is 1. The molecule has 0 spiro atoms. The van der Waals surface area contributed by atoms with Crippen molar-refractivity contribution in [3.8, 4) is 5.75 Å². The Kier molecular flexibility index (Phi) is 4.61. The van der Waals surface area contributed by atoms with Gasteiger partial charge in [-0.15, -0.1) is 0 Å². The predicted octanol–water partition coefficient (Wildman–Crippen LogP) is 2.84. The highest BCUT2D eigenvalue weighted by Gasteiger charge is 2.15. The van der Waals surface area contributed by atoms with Crippen molar-refractivity contribution in [3.05, 3.63) is 24.4 Å². The van der Waals surface area contributed by atoms with Gasteiger partial charge in [0.1, 0.15) is 5.75 Å². The third-order valence-corrected chi connectivity index (χ3v) is 4.35. The highest BCUT2D eigenvalue weighted by Crippen LogP contribution is 2.20. The zero-order valence-corrected chi connectivity index (χ0v) is 13.1. The topological polar surface area (TPSA) is 47.4 Å². The number of likely N-dealkylation sites (tertiary alicyclic amines) is 1. The number of aryl methyl sites for hydroxylation is 1. The summed E-state index contributed by atoms with van der Waals surface area (Å²) in [6.07, 6.45) is 7.11. The molecule has 0 unspecified atom stereocenters. The average molecular weight is 301 g/mol. The molecule has 1 fully saturated rings. The first-order valence-corrected chi connectivity index (χ1v) is 8.05. The highest BCUT2D eigenvalue weighted by atomic mass is 16.5. The number of aromatic nitrogens is 2. The summed E-state index contributed by atoms with van der Waals surface area (Å²) in [7, 11) is 1.66. The number of hydrogen-bond acceptors (Lipinski definition) is 3. The zero-order valence-electron chi connectivity index (χ0n) is 13.1. The van der Waals surface area contributed by atoms with E-state index in [1.54, 1.807) is 7.11 Å². The van der Waals surface area contributed by atoms with Crippen LogP contribution in [-0.4, -0.2) is 40.8 Å². The molecule has 118 valence electrons. The van der Waals surface area contributed by atoms with Gasteiger partial charge in [-0.3, -0.25) is 9.48 Å². The van der Waals surface area contributed by atoms with Crippen LogP contribution < -0.4 is 4.74 Å². The van der Waals surface area contributed by atoms with Gasteiger partial charge in [0.2, 0.25) is 5.91 Å². The Morgan fingerprint density at radius 1 is 1.23 bits per heavy atom. The molecule has 0 N–H and O–H groups in total. The molecule has 1 aromatic carbocycles. The van der Waals surface area contributed by atoms with Gasteiger partial charge in [-0.1, -0.05) is 12.8 Å². The van der Waals surface area contributed by atoms with E-state index in [1.165, 1.54) is 12.8 Å². The first-order chi connectivity index (χ1) is 10.8. The minimum Gasteiger partial charge on any atom is -0.497 e. The lowest BCUT2D eigenvalue weighted by Gasteiger charge is -2.20. The third kappa shape index (κ3) is 3.24. The summed E-state index contributed by atoms with van der Waals surface area (Å²) in [5, 5.41) is 5.44. The Morgan fingerprint density at radius 3 is 2.73 bits per heavy atom. The van der Waals surface area contributed by atoms with Gasteiger partial charge >= 0.3 is 0 Å². The number of benzene rings is 1. The summed E-state index contributed by atoms with van der Waals surface area (Å²) >= 11 is 0. The lowest BCUT2D eigenvalue weighted by molar-refractivity contribution is -0.131. The van der Waals surface area contributed by atoms with Gasteiger partial charge < -0.3 is 9.64 Å². The number of fused-ring (bicyclic) bond motifs is 1. The number of nitrogens with zero attached hydrogens (tertiary/aromatic N) is 3. The molecule has 0 atom stereocenters. The normalized spacial score (nSPS) is 15.8. The van der Waals surface area contributed by atoms with Crippen LogP contribution in [0.15, 0.2) is 24.4 Å². The number of carbonyl (C=O) groups is 1. The summed E-state index contributed by atoms with van der Waals surface area (Å²) in [6.45, 7) is 2.46. The van der Waals surface area contributed by atoms with Crippen molar-refractivity contribution in [2.24, 2.45) is 0 Å². The molecule has 3 rings (SSSR count). The van der Waals surface area contributed by atoms with Crippen LogP contribution in [0.2, 0.25) is 0 Å². The first-order valence-electron chi connectivity index (χ1n) is 8.05. The molecule has 22 heavy (non-hydrogen) atoms. The minimum atomic E-state index is 0.249. The first kappa shape index (κ1) is 14.9. The molecule has 0 aliphatic carbocycles. The van der Waals surface area contributed by atoms with E-state index in [0.29, 0.717) is 13.0 Å². The van der Waals surface area contributed by atoms with E-state index in [0.717, 1.165) is 42.6 Å². The maximum absolute atomic E-state index is 12.3. The molecule has 0 bridgehead atoms. The predicted molar refractivity (Wildman–Crippen MR) is 86.0 cm³/mol. The van der Waals surface area contributed by atoms with Crippen LogP contribution in [0.1, 0.15) is 32.1 Å². The standard InChI is InChI=1S/C17H23N3O2/c1-22-15-6-7-16-14(12-15)13-18-20(16)11-8-17(21)19-9-4-2-3-5-10-19/h6-7,12-13H,2-5,8-11H2,1H3. The number of carbonyl (C=O) groups excluding carboxylic acids is 1. The SMILES string of the molecule is COc1ccc2c(cnn2CCC(=O)N2CCCCCC2)c1. The van der Waals surface area contributed by atoms with Crippen molar-refractivity contribution in [3.63, 3.8) is 0 Å². The number of methoxy groups -OCH3 is 1. The van der Waals surface area contributed by atoms with Gasteiger partial charge in [0.15, 0.2) is 0 Å². The van der Waals surface area contributed by atoms with Crippen LogP contribution in [0, 0.1) is 0 Å². The van der Waals surface area contributed by atoms with Crippen LogP contribution >= 0.6 is 0 Å². The van der Waals surface area contributed by atoms with Gasteiger partial charge in [-0.05, 0) is 31.0 Å². The molecular formula is C17H23N3O2. The molecule has 2 aromatic rings. The molecule has 2 heterocycles. The van der Waals surface area contributed by atoms with Crippen molar-refractivity contribution in [2.45, 2.75) is 38.6 Å². The molecular weight excluding hydrogens is 278 g/mol. The smallest absolute Gasteiger partial charge is 0.224 e. The fourth-order valence-corrected chi connectivity index (χ4v) is 3.05. The Hall–Kier alpha value is -2.04. The van der Waals surface area contributed by atoms with Gasteiger partial charge in [-0.2, -0.15) is 5.10 Å². The van der Waals surface area contributed by atoms with Crippen LogP contribution in [0.5, 0.6) is 5.75 Å². The second-order valence-electron chi connectivity index (χ2n) is 5.84. The largest absolute Gasteiger partial charge is 0.497 e. The number of amides is 1. The number of hydrogen-bond donors (Lipinski definition) is 0. The van der Waals surface area contributed by atoms with Crippen LogP contribution in [0.4, 0.5) is 0 Å².